The van der Waals surface area contributed by atoms with E-state index in [1.165, 1.54) is 12.1 Å². The highest BCUT2D eigenvalue weighted by Gasteiger charge is 2.31. The van der Waals surface area contributed by atoms with Crippen LogP contribution in [0, 0.1) is 0 Å². The number of likely N-dealkylation sites (tertiary alicyclic amines) is 1. The van der Waals surface area contributed by atoms with E-state index >= 15 is 0 Å². The average molecular weight is 304 g/mol. The standard InChI is InChI=1S/C16H20N2O4/c1-17-15(20)13-4-2-3-9-18(13)14(19)10-11-5-7-12(8-6-11)16(21)22/h5-8,13H,2-4,9-10H2,1H3,(H,17,20)(H,21,22). The Balaban J connectivity index is 2.06. The Labute approximate surface area is 129 Å². The minimum Gasteiger partial charge on any atom is -0.478 e. The summed E-state index contributed by atoms with van der Waals surface area (Å²) in [7, 11) is 1.57. The zero-order valence-corrected chi connectivity index (χ0v) is 12.5. The van der Waals surface area contributed by atoms with Crippen molar-refractivity contribution in [3.63, 3.8) is 0 Å². The number of carboxylic acids is 1. The van der Waals surface area contributed by atoms with Crippen molar-refractivity contribution in [3.8, 4) is 0 Å². The third-order valence-corrected chi connectivity index (χ3v) is 3.93. The van der Waals surface area contributed by atoms with Gasteiger partial charge in [0.1, 0.15) is 6.04 Å². The number of hydrogen-bond acceptors (Lipinski definition) is 3. The summed E-state index contributed by atoms with van der Waals surface area (Å²) in [6, 6.07) is 5.85. The molecule has 0 radical (unpaired) electrons. The van der Waals surface area contributed by atoms with Gasteiger partial charge in [0.2, 0.25) is 11.8 Å². The van der Waals surface area contributed by atoms with Crippen LogP contribution in [0.2, 0.25) is 0 Å². The summed E-state index contributed by atoms with van der Waals surface area (Å²) in [6.45, 7) is 0.587. The molecule has 0 bridgehead atoms. The maximum Gasteiger partial charge on any atom is 0.335 e. The first-order chi connectivity index (χ1) is 10.5. The van der Waals surface area contributed by atoms with Gasteiger partial charge in [0.25, 0.3) is 0 Å². The Kier molecular flexibility index (Phi) is 5.14. The Morgan fingerprint density at radius 2 is 1.91 bits per heavy atom. The van der Waals surface area contributed by atoms with Gasteiger partial charge in [-0.05, 0) is 37.0 Å². The van der Waals surface area contributed by atoms with Crippen LogP contribution in [-0.2, 0) is 16.0 Å². The number of carboxylic acid groups (broad SMARTS) is 1. The highest BCUT2D eigenvalue weighted by molar-refractivity contribution is 5.89. The van der Waals surface area contributed by atoms with E-state index in [1.54, 1.807) is 24.1 Å². The largest absolute Gasteiger partial charge is 0.478 e. The summed E-state index contributed by atoms with van der Waals surface area (Å²) >= 11 is 0. The number of benzene rings is 1. The Morgan fingerprint density at radius 3 is 2.50 bits per heavy atom. The molecule has 0 saturated carbocycles. The summed E-state index contributed by atoms with van der Waals surface area (Å²) in [5, 5.41) is 11.5. The molecule has 1 atom stereocenters. The van der Waals surface area contributed by atoms with E-state index < -0.39 is 12.0 Å². The lowest BCUT2D eigenvalue weighted by Crippen LogP contribution is -2.51. The predicted octanol–water partition coefficient (Wildman–Crippen LogP) is 1.05. The van der Waals surface area contributed by atoms with Crippen LogP contribution in [0.1, 0.15) is 35.2 Å². The minimum atomic E-state index is -0.992. The van der Waals surface area contributed by atoms with Crippen LogP contribution >= 0.6 is 0 Å². The molecule has 1 heterocycles. The maximum absolute atomic E-state index is 12.4. The maximum atomic E-state index is 12.4. The fourth-order valence-corrected chi connectivity index (χ4v) is 2.71. The molecule has 6 nitrogen and oxygen atoms in total. The van der Waals surface area contributed by atoms with E-state index in [0.29, 0.717) is 13.0 Å². The van der Waals surface area contributed by atoms with Crippen molar-refractivity contribution in [3.05, 3.63) is 35.4 Å². The van der Waals surface area contributed by atoms with Gasteiger partial charge >= 0.3 is 5.97 Å². The zero-order valence-electron chi connectivity index (χ0n) is 12.5. The third-order valence-electron chi connectivity index (χ3n) is 3.93. The number of hydrogen-bond donors (Lipinski definition) is 2. The molecule has 1 saturated heterocycles. The number of amides is 2. The molecule has 2 rings (SSSR count). The fraction of sp³-hybridized carbons (Fsp3) is 0.438. The van der Waals surface area contributed by atoms with Gasteiger partial charge in [-0.1, -0.05) is 12.1 Å². The van der Waals surface area contributed by atoms with Gasteiger partial charge in [0.15, 0.2) is 0 Å². The number of aromatic carboxylic acids is 1. The van der Waals surface area contributed by atoms with E-state index in [4.69, 9.17) is 5.11 Å². The summed E-state index contributed by atoms with van der Waals surface area (Å²) in [6.07, 6.45) is 2.70. The first-order valence-corrected chi connectivity index (χ1v) is 7.36. The van der Waals surface area contributed by atoms with Gasteiger partial charge < -0.3 is 15.3 Å². The van der Waals surface area contributed by atoms with Gasteiger partial charge in [-0.25, -0.2) is 4.79 Å². The molecule has 1 fully saturated rings. The molecule has 1 unspecified atom stereocenters. The summed E-state index contributed by atoms with van der Waals surface area (Å²) in [5.41, 5.74) is 0.939. The van der Waals surface area contributed by atoms with Crippen molar-refractivity contribution in [2.75, 3.05) is 13.6 Å². The van der Waals surface area contributed by atoms with Crippen LogP contribution in [0.5, 0.6) is 0 Å². The molecule has 118 valence electrons. The van der Waals surface area contributed by atoms with E-state index in [2.05, 4.69) is 5.32 Å². The first-order valence-electron chi connectivity index (χ1n) is 7.36. The van der Waals surface area contributed by atoms with Crippen LogP contribution < -0.4 is 5.32 Å². The lowest BCUT2D eigenvalue weighted by Gasteiger charge is -2.34. The monoisotopic (exact) mass is 304 g/mol. The molecular weight excluding hydrogens is 284 g/mol. The molecule has 1 aromatic rings. The number of carbonyl (C=O) groups excluding carboxylic acids is 2. The van der Waals surface area contributed by atoms with Crippen molar-refractivity contribution in [1.82, 2.24) is 10.2 Å². The van der Waals surface area contributed by atoms with Crippen molar-refractivity contribution in [2.24, 2.45) is 0 Å². The topological polar surface area (TPSA) is 86.7 Å². The van der Waals surface area contributed by atoms with Crippen LogP contribution in [0.25, 0.3) is 0 Å². The number of nitrogens with one attached hydrogen (secondary N) is 1. The Bertz CT molecular complexity index is 568. The first kappa shape index (κ1) is 16.0. The minimum absolute atomic E-state index is 0.101. The van der Waals surface area contributed by atoms with E-state index in [-0.39, 0.29) is 23.8 Å². The molecule has 1 aliphatic heterocycles. The van der Waals surface area contributed by atoms with Crippen LogP contribution in [0.15, 0.2) is 24.3 Å². The molecule has 1 aliphatic rings. The average Bonchev–Trinajstić information content (AvgIpc) is 2.54. The summed E-state index contributed by atoms with van der Waals surface area (Å²) in [5.74, 6) is -1.22. The number of rotatable bonds is 4. The number of carbonyl (C=O) groups is 3. The molecule has 0 aliphatic carbocycles. The second-order valence-electron chi connectivity index (χ2n) is 5.39. The molecular formula is C16H20N2O4. The van der Waals surface area contributed by atoms with Gasteiger partial charge in [0.05, 0.1) is 12.0 Å². The number of likely N-dealkylation sites (N-methyl/N-ethyl adjacent to an activating group) is 1. The Hall–Kier alpha value is -2.37. The van der Waals surface area contributed by atoms with E-state index in [9.17, 15) is 14.4 Å². The van der Waals surface area contributed by atoms with Crippen molar-refractivity contribution >= 4 is 17.8 Å². The lowest BCUT2D eigenvalue weighted by molar-refractivity contribution is -0.141. The molecule has 0 spiro atoms. The van der Waals surface area contributed by atoms with Gasteiger partial charge in [-0.3, -0.25) is 9.59 Å². The van der Waals surface area contributed by atoms with Crippen molar-refractivity contribution in [1.29, 1.82) is 0 Å². The lowest BCUT2D eigenvalue weighted by atomic mass is 10.00. The molecule has 6 heteroatoms. The van der Waals surface area contributed by atoms with Crippen molar-refractivity contribution < 1.29 is 19.5 Å². The van der Waals surface area contributed by atoms with E-state index in [1.807, 2.05) is 0 Å². The smallest absolute Gasteiger partial charge is 0.335 e. The quantitative estimate of drug-likeness (QED) is 0.870. The molecule has 1 aromatic carbocycles. The summed E-state index contributed by atoms with van der Waals surface area (Å²) < 4.78 is 0. The molecule has 0 aromatic heterocycles. The van der Waals surface area contributed by atoms with Gasteiger partial charge in [0, 0.05) is 13.6 Å². The predicted molar refractivity (Wildman–Crippen MR) is 80.5 cm³/mol. The van der Waals surface area contributed by atoms with Crippen LogP contribution in [0.3, 0.4) is 0 Å². The molecule has 2 N–H and O–H groups in total. The number of piperidine rings is 1. The highest BCUT2D eigenvalue weighted by atomic mass is 16.4. The summed E-state index contributed by atoms with van der Waals surface area (Å²) in [4.78, 5) is 36.8. The number of nitrogens with zero attached hydrogens (tertiary/aromatic N) is 1. The van der Waals surface area contributed by atoms with Crippen LogP contribution in [0.4, 0.5) is 0 Å². The second-order valence-corrected chi connectivity index (χ2v) is 5.39. The Morgan fingerprint density at radius 1 is 1.23 bits per heavy atom. The SMILES string of the molecule is CNC(=O)C1CCCCN1C(=O)Cc1ccc(C(=O)O)cc1. The molecule has 2 amide bonds. The van der Waals surface area contributed by atoms with Gasteiger partial charge in [-0.2, -0.15) is 0 Å². The highest BCUT2D eigenvalue weighted by Crippen LogP contribution is 2.19. The second kappa shape index (κ2) is 7.06. The zero-order chi connectivity index (χ0) is 16.1. The normalized spacial score (nSPS) is 17.9. The third kappa shape index (κ3) is 3.63. The van der Waals surface area contributed by atoms with Crippen molar-refractivity contribution in [2.45, 2.75) is 31.7 Å². The van der Waals surface area contributed by atoms with Gasteiger partial charge in [-0.15, -0.1) is 0 Å². The fourth-order valence-electron chi connectivity index (χ4n) is 2.71. The molecule has 22 heavy (non-hydrogen) atoms. The van der Waals surface area contributed by atoms with E-state index in [0.717, 1.165) is 18.4 Å². The van der Waals surface area contributed by atoms with Crippen LogP contribution in [-0.4, -0.2) is 47.4 Å².